The molecule has 3 saturated heterocycles. The van der Waals surface area contributed by atoms with Gasteiger partial charge in [0.05, 0.1) is 43.3 Å². The van der Waals surface area contributed by atoms with Crippen LogP contribution in [0.3, 0.4) is 0 Å². The molecule has 2 aromatic rings. The summed E-state index contributed by atoms with van der Waals surface area (Å²) in [7, 11) is 1.54. The molecule has 3 heterocycles. The van der Waals surface area contributed by atoms with Gasteiger partial charge in [0.2, 0.25) is 94.5 Å². The summed E-state index contributed by atoms with van der Waals surface area (Å²) in [5.74, 6) is -18.0. The number of nitrogens with one attached hydrogen (secondary N) is 18. The number of phenols is 2. The summed E-state index contributed by atoms with van der Waals surface area (Å²) >= 11 is 1.10. The lowest BCUT2D eigenvalue weighted by atomic mass is 9.90. The van der Waals surface area contributed by atoms with Gasteiger partial charge in [0.1, 0.15) is 53.8 Å². The molecule has 0 aliphatic carbocycles. The molecular weight excluding hydrogens is 1670 g/mol. The molecule has 16 amide bonds. The molecule has 3 aliphatic rings. The average Bonchev–Trinajstić information content (AvgIpc) is 0.998. The number of aliphatic carboxylic acids is 2. The monoisotopic (exact) mass is 1790 g/mol. The third kappa shape index (κ3) is 39.8. The Labute approximate surface area is 731 Å². The van der Waals surface area contributed by atoms with Crippen molar-refractivity contribution in [2.45, 2.75) is 227 Å². The minimum absolute atomic E-state index is 0.0332. The van der Waals surface area contributed by atoms with E-state index in [1.165, 1.54) is 60.5 Å². The van der Waals surface area contributed by atoms with Crippen LogP contribution in [0.15, 0.2) is 48.5 Å². The number of carbonyl (C=O) groups excluding carboxylic acids is 17. The number of aromatic hydroxyl groups is 2. The zero-order valence-corrected chi connectivity index (χ0v) is 71.2. The first-order valence-corrected chi connectivity index (χ1v) is 42.9. The van der Waals surface area contributed by atoms with E-state index in [2.05, 4.69) is 85.1 Å². The smallest absolute Gasteiger partial charge is 0.305 e. The number of likely N-dealkylation sites (tertiary alicyclic amines) is 1. The largest absolute Gasteiger partial charge is 0.508 e. The molecule has 11 atom stereocenters. The van der Waals surface area contributed by atoms with Crippen molar-refractivity contribution in [2.75, 3.05) is 65.2 Å². The molecule has 0 saturated carbocycles. The van der Waals surface area contributed by atoms with Gasteiger partial charge >= 0.3 is 11.9 Å². The van der Waals surface area contributed by atoms with Crippen LogP contribution in [0.4, 0.5) is 0 Å². The number of ketones is 1. The molecule has 0 bridgehead atoms. The van der Waals surface area contributed by atoms with Gasteiger partial charge in [-0.2, -0.15) is 0 Å². The lowest BCUT2D eigenvalue weighted by Gasteiger charge is -2.26. The van der Waals surface area contributed by atoms with Crippen molar-refractivity contribution in [1.29, 1.82) is 10.8 Å². The summed E-state index contributed by atoms with van der Waals surface area (Å²) < 4.78 is 0. The van der Waals surface area contributed by atoms with E-state index in [-0.39, 0.29) is 195 Å². The molecule has 0 spiro atoms. The number of hydrogen-bond donors (Lipinski definition) is 25. The van der Waals surface area contributed by atoms with Crippen LogP contribution in [0, 0.1) is 16.7 Å². The molecule has 46 heteroatoms. The number of nitrogens with zero attached hydrogens (tertiary/aromatic N) is 1. The standard InChI is InChI=1S/C80H120N22O23S/c1-86-61(106)18-5-3-11-35-102-66(111)41-60(78(102)125)126-44-50(81)70(117)88-31-8-2-4-19-63(108)95-54(71(118)89-32-9-6-14-47-38-59(105)51(16-12-33-90-79(82)83)94-64(109)42-92-72(119)57(39-67(112)113)100-76(123)55(98-69(47)116)36-45-20-24-48(103)25-21-45)28-29-62(107)87-30-10-7-15-53-75(122)99-56(37-46-22-26-49(104)27-23-46)77(124)101-58(40-68(114)115)73(120)93-43-65(110)96-52(74(121)97-53)17-13-34-91-80(84)85/h20-27,47,50-58,60,103-104H,2-19,28-44,81H2,1H3,(H,86,106)(H,87,107)(H,88,117)(H,89,118)(H,92,119)(H,93,120)(H,94,109)(H,95,108)(H,96,110)(H,97,121)(H,98,116)(H,99,122)(H,100,123)(H,101,124)(H,112,113)(H,114,115)(H4,82,83,90)(H4,84,85,91)/t47?,50?,51-,52-,53?,54?,55+,56+,57-,58-,60?/m1/s1. The van der Waals surface area contributed by atoms with Crippen molar-refractivity contribution < 1.29 is 112 Å². The summed E-state index contributed by atoms with van der Waals surface area (Å²) in [5.41, 5.74) is 17.9. The van der Waals surface area contributed by atoms with E-state index in [1.54, 1.807) is 0 Å². The van der Waals surface area contributed by atoms with E-state index in [0.29, 0.717) is 49.7 Å². The maximum atomic E-state index is 14.6. The number of phenolic OH excluding ortho intramolecular Hbond substituents is 2. The predicted octanol–water partition coefficient (Wildman–Crippen LogP) is -5.40. The van der Waals surface area contributed by atoms with E-state index >= 15 is 0 Å². The maximum absolute atomic E-state index is 14.6. The van der Waals surface area contributed by atoms with Crippen LogP contribution in [0.1, 0.15) is 165 Å². The second kappa shape index (κ2) is 55.5. The second-order valence-electron chi connectivity index (χ2n) is 30.6. The molecule has 45 nitrogen and oxygen atoms in total. The SMILES string of the molecule is CNC(=O)CCCCCN1C(=O)CC(SCC(N)C(=O)NCCCCCC(=O)NC(CCC(=O)NCCCCC2NC(=O)[C@@H](CCCNC(=N)N)NC(=O)CNC(=O)[C@@H](CC(=O)O)NC(=O)[C@H](Cc3ccc(O)cc3)NC2=O)C(=O)NCCCCC2CC(=O)[C@@H](CCCNC(=N)N)NC(=O)CNC(=O)[C@@H](CC(=O)O)NC(=O)[C@H](Cc3ccc(O)cc3)NC2=O)C1=O. The fourth-order valence-electron chi connectivity index (χ4n) is 13.5. The highest BCUT2D eigenvalue weighted by Crippen LogP contribution is 2.27. The van der Waals surface area contributed by atoms with Gasteiger partial charge in [-0.05, 0) is 125 Å². The minimum atomic E-state index is -1.77. The Balaban J connectivity index is 1.31. The Bertz CT molecular complexity index is 4140. The summed E-state index contributed by atoms with van der Waals surface area (Å²) in [5, 5.41) is 94.6. The first-order valence-electron chi connectivity index (χ1n) is 41.9. The Kier molecular flexibility index (Phi) is 45.7. The average molecular weight is 1790 g/mol. The quantitative estimate of drug-likeness (QED) is 0.0127. The highest BCUT2D eigenvalue weighted by atomic mass is 32.2. The first-order chi connectivity index (χ1) is 60.0. The van der Waals surface area contributed by atoms with Gasteiger partial charge in [0, 0.05) is 103 Å². The van der Waals surface area contributed by atoms with E-state index in [4.69, 9.17) is 28.0 Å². The number of guanidine groups is 2. The Morgan fingerprint density at radius 3 is 1.44 bits per heavy atom. The third-order valence-electron chi connectivity index (χ3n) is 20.5. The first kappa shape index (κ1) is 104. The zero-order chi connectivity index (χ0) is 92.8. The molecule has 5 unspecified atom stereocenters. The molecule has 0 radical (unpaired) electrons. The van der Waals surface area contributed by atoms with Crippen LogP contribution in [0.5, 0.6) is 11.5 Å². The molecule has 3 fully saturated rings. The van der Waals surface area contributed by atoms with Gasteiger partial charge in [0.25, 0.3) is 0 Å². The van der Waals surface area contributed by atoms with Gasteiger partial charge in [0.15, 0.2) is 17.7 Å². The van der Waals surface area contributed by atoms with E-state index in [9.17, 15) is 112 Å². The minimum Gasteiger partial charge on any atom is -0.508 e. The third-order valence-corrected chi connectivity index (χ3v) is 21.8. The highest BCUT2D eigenvalue weighted by molar-refractivity contribution is 8.00. The van der Waals surface area contributed by atoms with Gasteiger partial charge in [-0.1, -0.05) is 43.5 Å². The lowest BCUT2D eigenvalue weighted by Crippen LogP contribution is -2.58. The van der Waals surface area contributed by atoms with E-state index in [0.717, 1.165) is 11.8 Å². The van der Waals surface area contributed by atoms with Crippen LogP contribution >= 0.6 is 11.8 Å². The van der Waals surface area contributed by atoms with Gasteiger partial charge < -0.3 is 123 Å². The van der Waals surface area contributed by atoms with Crippen LogP contribution in [-0.2, 0) is 104 Å². The van der Waals surface area contributed by atoms with Crippen molar-refractivity contribution >= 4 is 136 Å². The van der Waals surface area contributed by atoms with Crippen LogP contribution < -0.4 is 102 Å². The normalized spacial score (nSPS) is 20.5. The van der Waals surface area contributed by atoms with Crippen LogP contribution in [-0.4, -0.2) is 274 Å². The number of imide groups is 1. The fourth-order valence-corrected chi connectivity index (χ4v) is 14.7. The molecule has 2 aromatic carbocycles. The number of unbranched alkanes of at least 4 members (excludes halogenated alkanes) is 6. The number of Topliss-reactive ketones (excluding diaryl/α,β-unsaturated/α-hetero) is 1. The molecule has 694 valence electrons. The summed E-state index contributed by atoms with van der Waals surface area (Å²) in [4.78, 5) is 257. The molecule has 126 heavy (non-hydrogen) atoms. The van der Waals surface area contributed by atoms with Crippen LogP contribution in [0.25, 0.3) is 0 Å². The van der Waals surface area contributed by atoms with Crippen molar-refractivity contribution in [2.24, 2.45) is 23.1 Å². The van der Waals surface area contributed by atoms with Gasteiger partial charge in [-0.3, -0.25) is 107 Å². The molecule has 3 aliphatic heterocycles. The Morgan fingerprint density at radius 2 is 0.905 bits per heavy atom. The van der Waals surface area contributed by atoms with Crippen molar-refractivity contribution in [3.8, 4) is 11.5 Å². The number of carbonyl (C=O) groups is 19. The number of benzene rings is 2. The second-order valence-corrected chi connectivity index (χ2v) is 31.9. The zero-order valence-electron chi connectivity index (χ0n) is 70.4. The van der Waals surface area contributed by atoms with Gasteiger partial charge in [-0.25, -0.2) is 0 Å². The van der Waals surface area contributed by atoms with Crippen molar-refractivity contribution in [3.63, 3.8) is 0 Å². The number of nitrogens with two attached hydrogens (primary N) is 3. The number of rotatable bonds is 47. The summed E-state index contributed by atoms with van der Waals surface area (Å²) in [6.07, 6.45) is -0.550. The summed E-state index contributed by atoms with van der Waals surface area (Å²) in [6.45, 7) is -1.25. The summed E-state index contributed by atoms with van der Waals surface area (Å²) in [6, 6.07) is -2.17. The fraction of sp³-hybridized carbons (Fsp3) is 0.588. The molecule has 5 rings (SSSR count). The number of carboxylic acid groups (broad SMARTS) is 2. The van der Waals surface area contributed by atoms with Gasteiger partial charge in [-0.15, -0.1) is 11.8 Å². The maximum Gasteiger partial charge on any atom is 0.305 e. The topological polar surface area (TPSA) is 727 Å². The van der Waals surface area contributed by atoms with Crippen molar-refractivity contribution in [3.05, 3.63) is 59.7 Å². The highest BCUT2D eigenvalue weighted by Gasteiger charge is 2.40. The number of thioether (sulfide) groups is 1. The van der Waals surface area contributed by atoms with E-state index in [1.807, 2.05) is 0 Å². The number of hydrogen-bond acceptors (Lipinski definition) is 25. The Morgan fingerprint density at radius 1 is 0.468 bits per heavy atom. The predicted molar refractivity (Wildman–Crippen MR) is 454 cm³/mol. The molecule has 0 aromatic heterocycles. The molecular formula is C80H120N22O23S. The van der Waals surface area contributed by atoms with E-state index < -0.39 is 192 Å². The Hall–Kier alpha value is -12.8. The molecule has 28 N–H and O–H groups in total. The number of carboxylic acids is 2. The number of amides is 16. The lowest BCUT2D eigenvalue weighted by molar-refractivity contribution is -0.141. The van der Waals surface area contributed by atoms with Crippen molar-refractivity contribution in [1.82, 2.24) is 90.0 Å². The van der Waals surface area contributed by atoms with Crippen LogP contribution in [0.2, 0.25) is 0 Å².